The SMILES string of the molecule is CN(CCC(F)(F)F)S(=O)(=O)c1ccc(CCl)cc1. The highest BCUT2D eigenvalue weighted by Gasteiger charge is 2.30. The number of sulfonamides is 1. The molecule has 0 amide bonds. The lowest BCUT2D eigenvalue weighted by atomic mass is 10.2. The quantitative estimate of drug-likeness (QED) is 0.783. The Kier molecular flexibility index (Phi) is 5.23. The smallest absolute Gasteiger partial charge is 0.207 e. The van der Waals surface area contributed by atoms with E-state index in [2.05, 4.69) is 0 Å². The summed E-state index contributed by atoms with van der Waals surface area (Å²) in [6, 6.07) is 5.71. The van der Waals surface area contributed by atoms with Gasteiger partial charge in [-0.1, -0.05) is 12.1 Å². The third kappa shape index (κ3) is 4.67. The van der Waals surface area contributed by atoms with Crippen LogP contribution < -0.4 is 0 Å². The van der Waals surface area contributed by atoms with Crippen LogP contribution in [0.3, 0.4) is 0 Å². The van der Waals surface area contributed by atoms with Crippen molar-refractivity contribution in [2.75, 3.05) is 13.6 Å². The van der Waals surface area contributed by atoms with Crippen LogP contribution in [0.5, 0.6) is 0 Å². The Morgan fingerprint density at radius 2 is 1.74 bits per heavy atom. The molecule has 0 fully saturated rings. The summed E-state index contributed by atoms with van der Waals surface area (Å²) >= 11 is 5.57. The molecule has 0 aliphatic carbocycles. The molecule has 19 heavy (non-hydrogen) atoms. The zero-order valence-corrected chi connectivity index (χ0v) is 11.7. The summed E-state index contributed by atoms with van der Waals surface area (Å²) in [5.41, 5.74) is 0.735. The number of benzene rings is 1. The maximum absolute atomic E-state index is 12.1. The molecule has 8 heteroatoms. The van der Waals surface area contributed by atoms with E-state index in [1.807, 2.05) is 0 Å². The molecule has 0 saturated carbocycles. The van der Waals surface area contributed by atoms with Crippen LogP contribution in [-0.4, -0.2) is 32.5 Å². The third-order valence-corrected chi connectivity index (χ3v) is 4.68. The lowest BCUT2D eigenvalue weighted by molar-refractivity contribution is -0.135. The summed E-state index contributed by atoms with van der Waals surface area (Å²) in [4.78, 5) is -0.0500. The molecule has 0 heterocycles. The summed E-state index contributed by atoms with van der Waals surface area (Å²) in [6.45, 7) is -0.608. The number of rotatable bonds is 5. The highest BCUT2D eigenvalue weighted by Crippen LogP contribution is 2.22. The summed E-state index contributed by atoms with van der Waals surface area (Å²) in [5.74, 6) is 0.240. The largest absolute Gasteiger partial charge is 0.390 e. The molecule has 1 aromatic rings. The number of nitrogens with zero attached hydrogens (tertiary/aromatic N) is 1. The van der Waals surface area contributed by atoms with Crippen LogP contribution in [0.1, 0.15) is 12.0 Å². The van der Waals surface area contributed by atoms with Gasteiger partial charge in [-0.15, -0.1) is 11.6 Å². The van der Waals surface area contributed by atoms with Crippen molar-refractivity contribution in [3.05, 3.63) is 29.8 Å². The Morgan fingerprint density at radius 1 is 1.21 bits per heavy atom. The van der Waals surface area contributed by atoms with Gasteiger partial charge in [-0.2, -0.15) is 13.2 Å². The van der Waals surface area contributed by atoms with Crippen molar-refractivity contribution in [3.63, 3.8) is 0 Å². The first kappa shape index (κ1) is 16.3. The maximum Gasteiger partial charge on any atom is 0.390 e. The second-order valence-corrected chi connectivity index (χ2v) is 6.28. The molecule has 1 rings (SSSR count). The number of hydrogen-bond donors (Lipinski definition) is 0. The van der Waals surface area contributed by atoms with Crippen LogP contribution in [-0.2, 0) is 15.9 Å². The molecular formula is C11H13ClF3NO2S. The molecule has 3 nitrogen and oxygen atoms in total. The molecule has 0 saturated heterocycles. The second kappa shape index (κ2) is 6.11. The van der Waals surface area contributed by atoms with Crippen molar-refractivity contribution in [1.82, 2.24) is 4.31 Å². The van der Waals surface area contributed by atoms with E-state index < -0.39 is 29.2 Å². The Labute approximate surface area is 115 Å². The fourth-order valence-electron chi connectivity index (χ4n) is 1.33. The van der Waals surface area contributed by atoms with Crippen molar-refractivity contribution in [2.24, 2.45) is 0 Å². The van der Waals surface area contributed by atoms with E-state index in [1.54, 1.807) is 0 Å². The lowest BCUT2D eigenvalue weighted by Gasteiger charge is -2.18. The van der Waals surface area contributed by atoms with Gasteiger partial charge in [0, 0.05) is 19.5 Å². The number of alkyl halides is 4. The van der Waals surface area contributed by atoms with E-state index in [0.717, 1.165) is 12.6 Å². The molecule has 0 bridgehead atoms. The maximum atomic E-state index is 12.1. The van der Waals surface area contributed by atoms with Gasteiger partial charge in [-0.25, -0.2) is 12.7 Å². The fraction of sp³-hybridized carbons (Fsp3) is 0.455. The summed E-state index contributed by atoms with van der Waals surface area (Å²) < 4.78 is 60.8. The minimum atomic E-state index is -4.38. The van der Waals surface area contributed by atoms with Crippen molar-refractivity contribution >= 4 is 21.6 Å². The first-order chi connectivity index (χ1) is 8.66. The molecule has 0 aliphatic heterocycles. The zero-order chi connectivity index (χ0) is 14.7. The molecule has 0 atom stereocenters. The van der Waals surface area contributed by atoms with Crippen LogP contribution in [0.15, 0.2) is 29.2 Å². The van der Waals surface area contributed by atoms with Crippen molar-refractivity contribution in [1.29, 1.82) is 0 Å². The van der Waals surface area contributed by atoms with Gasteiger partial charge in [-0.3, -0.25) is 0 Å². The van der Waals surface area contributed by atoms with Gasteiger partial charge in [0.25, 0.3) is 0 Å². The molecule has 0 aliphatic rings. The molecule has 0 spiro atoms. The molecule has 0 aromatic heterocycles. The fourth-order valence-corrected chi connectivity index (χ4v) is 2.68. The zero-order valence-electron chi connectivity index (χ0n) is 10.1. The average molecular weight is 316 g/mol. The number of hydrogen-bond acceptors (Lipinski definition) is 2. The van der Waals surface area contributed by atoms with Gasteiger partial charge in [0.1, 0.15) is 0 Å². The van der Waals surface area contributed by atoms with Crippen molar-refractivity contribution in [2.45, 2.75) is 23.4 Å². The molecular weight excluding hydrogens is 303 g/mol. The standard InChI is InChI=1S/C11H13ClF3NO2S/c1-16(7-6-11(13,14)15)19(17,18)10-4-2-9(8-12)3-5-10/h2-5H,6-8H2,1H3. The average Bonchev–Trinajstić information content (AvgIpc) is 2.35. The molecule has 108 valence electrons. The summed E-state index contributed by atoms with van der Waals surface area (Å²) in [6.07, 6.45) is -5.56. The third-order valence-electron chi connectivity index (χ3n) is 2.50. The van der Waals surface area contributed by atoms with Crippen LogP contribution in [0, 0.1) is 0 Å². The van der Waals surface area contributed by atoms with Crippen molar-refractivity contribution in [3.8, 4) is 0 Å². The van der Waals surface area contributed by atoms with Crippen LogP contribution in [0.2, 0.25) is 0 Å². The van der Waals surface area contributed by atoms with Gasteiger partial charge in [0.15, 0.2) is 0 Å². The van der Waals surface area contributed by atoms with Gasteiger partial charge in [0.2, 0.25) is 10.0 Å². The normalized spacial score (nSPS) is 12.9. The van der Waals surface area contributed by atoms with E-state index in [-0.39, 0.29) is 10.8 Å². The minimum absolute atomic E-state index is 0.0500. The molecule has 0 N–H and O–H groups in total. The Morgan fingerprint density at radius 3 is 2.16 bits per heavy atom. The first-order valence-corrected chi connectivity index (χ1v) is 7.32. The lowest BCUT2D eigenvalue weighted by Crippen LogP contribution is -2.30. The highest BCUT2D eigenvalue weighted by molar-refractivity contribution is 7.89. The van der Waals surface area contributed by atoms with Gasteiger partial charge in [-0.05, 0) is 17.7 Å². The first-order valence-electron chi connectivity index (χ1n) is 5.35. The minimum Gasteiger partial charge on any atom is -0.207 e. The van der Waals surface area contributed by atoms with E-state index in [1.165, 1.54) is 24.3 Å². The monoisotopic (exact) mass is 315 g/mol. The molecule has 0 radical (unpaired) electrons. The van der Waals surface area contributed by atoms with Gasteiger partial charge in [0.05, 0.1) is 11.3 Å². The van der Waals surface area contributed by atoms with E-state index in [0.29, 0.717) is 4.31 Å². The second-order valence-electron chi connectivity index (χ2n) is 3.97. The Bertz CT molecular complexity index is 514. The highest BCUT2D eigenvalue weighted by atomic mass is 35.5. The Balaban J connectivity index is 2.84. The van der Waals surface area contributed by atoms with E-state index >= 15 is 0 Å². The molecule has 0 unspecified atom stereocenters. The number of halogens is 4. The van der Waals surface area contributed by atoms with Crippen LogP contribution in [0.4, 0.5) is 13.2 Å². The van der Waals surface area contributed by atoms with E-state index in [9.17, 15) is 21.6 Å². The van der Waals surface area contributed by atoms with Crippen LogP contribution >= 0.6 is 11.6 Å². The van der Waals surface area contributed by atoms with Gasteiger partial charge >= 0.3 is 6.18 Å². The topological polar surface area (TPSA) is 37.4 Å². The molecule has 1 aromatic carbocycles. The predicted octanol–water partition coefficient (Wildman–Crippen LogP) is 3.00. The van der Waals surface area contributed by atoms with E-state index in [4.69, 9.17) is 11.6 Å². The van der Waals surface area contributed by atoms with Crippen molar-refractivity contribution < 1.29 is 21.6 Å². The van der Waals surface area contributed by atoms with Gasteiger partial charge < -0.3 is 0 Å². The predicted molar refractivity (Wildman–Crippen MR) is 66.5 cm³/mol. The Hall–Kier alpha value is -0.790. The van der Waals surface area contributed by atoms with Crippen LogP contribution in [0.25, 0.3) is 0 Å². The summed E-state index contributed by atoms with van der Waals surface area (Å²) in [5, 5.41) is 0. The summed E-state index contributed by atoms with van der Waals surface area (Å²) in [7, 11) is -2.77.